The molecule has 1 amide bonds. The minimum Gasteiger partial charge on any atom is -0.394 e. The molecule has 14 nitrogen and oxygen atoms in total. The Labute approximate surface area is 349 Å². The number of hydrogen-bond donors (Lipinski definition) is 10. The van der Waals surface area contributed by atoms with Crippen LogP contribution in [0, 0.1) is 0 Å². The summed E-state index contributed by atoms with van der Waals surface area (Å²) in [4.78, 5) is 13.2. The fraction of sp³-hybridized carbons (Fsp3) is 0.977. The molecule has 2 fully saturated rings. The average Bonchev–Trinajstić information content (AvgIpc) is 3.22. The SMILES string of the molecule is CCCCCCCCCCCCCCC[C@@H](O)[C@@H](NC(=O)CCCCCCCCCCCCC)C(O)[C@@H]1O[C@H](CO)[C@@H](O[C@@H]2O[C@H](CO)[C@H](O)[C@H](O)[C@H]2O)[C@H](O)[C@H]1O. The van der Waals surface area contributed by atoms with Crippen molar-refractivity contribution in [2.45, 2.75) is 260 Å². The van der Waals surface area contributed by atoms with E-state index in [1.165, 1.54) is 103 Å². The number of carbonyl (C=O) groups excluding carboxylic acids is 1. The maximum absolute atomic E-state index is 13.2. The Morgan fingerprint density at radius 1 is 0.552 bits per heavy atom. The van der Waals surface area contributed by atoms with Crippen LogP contribution in [0.15, 0.2) is 0 Å². The molecule has 2 rings (SSSR count). The highest BCUT2D eigenvalue weighted by Gasteiger charge is 2.53. The van der Waals surface area contributed by atoms with Crippen molar-refractivity contribution in [2.75, 3.05) is 13.2 Å². The lowest BCUT2D eigenvalue weighted by molar-refractivity contribution is -0.345. The summed E-state index contributed by atoms with van der Waals surface area (Å²) in [5, 5.41) is 98.9. The monoisotopic (exact) mass is 836 g/mol. The van der Waals surface area contributed by atoms with E-state index in [2.05, 4.69) is 19.2 Å². The lowest BCUT2D eigenvalue weighted by Crippen LogP contribution is -2.68. The maximum Gasteiger partial charge on any atom is 0.220 e. The molecule has 0 aromatic heterocycles. The Morgan fingerprint density at radius 3 is 1.47 bits per heavy atom. The molecule has 2 aliphatic rings. The summed E-state index contributed by atoms with van der Waals surface area (Å²) in [6.07, 6.45) is 8.65. The van der Waals surface area contributed by atoms with E-state index in [1.54, 1.807) is 0 Å². The number of aliphatic hydroxyl groups is 9. The molecule has 10 N–H and O–H groups in total. The molecule has 14 heteroatoms. The molecule has 0 aliphatic carbocycles. The molecule has 0 aromatic carbocycles. The molecule has 1 unspecified atom stereocenters. The topological polar surface area (TPSA) is 239 Å². The van der Waals surface area contributed by atoms with Gasteiger partial charge in [0.2, 0.25) is 5.91 Å². The Bertz CT molecular complexity index is 1010. The van der Waals surface area contributed by atoms with Gasteiger partial charge in [-0.2, -0.15) is 0 Å². The Balaban J connectivity index is 1.97. The second-order valence-electron chi connectivity index (χ2n) is 17.1. The van der Waals surface area contributed by atoms with Crippen LogP contribution in [0.1, 0.15) is 181 Å². The van der Waals surface area contributed by atoms with Crippen LogP contribution in [0.4, 0.5) is 0 Å². The Morgan fingerprint density at radius 2 is 1.00 bits per heavy atom. The number of amides is 1. The molecule has 58 heavy (non-hydrogen) atoms. The van der Waals surface area contributed by atoms with Gasteiger partial charge in [-0.15, -0.1) is 0 Å². The van der Waals surface area contributed by atoms with Crippen LogP contribution in [0.25, 0.3) is 0 Å². The molecule has 2 heterocycles. The molecule has 0 aromatic rings. The van der Waals surface area contributed by atoms with Crippen molar-refractivity contribution in [2.24, 2.45) is 0 Å². The highest BCUT2D eigenvalue weighted by Crippen LogP contribution is 2.31. The van der Waals surface area contributed by atoms with Gasteiger partial charge in [0, 0.05) is 6.42 Å². The van der Waals surface area contributed by atoms with Crippen molar-refractivity contribution in [1.82, 2.24) is 5.32 Å². The summed E-state index contributed by atoms with van der Waals surface area (Å²) in [6, 6.07) is -1.26. The molecule has 2 aliphatic heterocycles. The van der Waals surface area contributed by atoms with Gasteiger partial charge in [0.1, 0.15) is 61.0 Å². The van der Waals surface area contributed by atoms with E-state index in [1.807, 2.05) is 0 Å². The quantitative estimate of drug-likeness (QED) is 0.0413. The fourth-order valence-corrected chi connectivity index (χ4v) is 8.27. The lowest BCUT2D eigenvalue weighted by Gasteiger charge is -2.47. The molecule has 0 saturated carbocycles. The van der Waals surface area contributed by atoms with Gasteiger partial charge >= 0.3 is 0 Å². The summed E-state index contributed by atoms with van der Waals surface area (Å²) in [5.41, 5.74) is 0. The van der Waals surface area contributed by atoms with E-state index in [9.17, 15) is 50.8 Å². The number of nitrogens with one attached hydrogen (secondary N) is 1. The highest BCUT2D eigenvalue weighted by molar-refractivity contribution is 5.76. The van der Waals surface area contributed by atoms with Gasteiger partial charge in [0.15, 0.2) is 6.29 Å². The number of ether oxygens (including phenoxy) is 3. The average molecular weight is 836 g/mol. The second-order valence-corrected chi connectivity index (χ2v) is 17.1. The van der Waals surface area contributed by atoms with Crippen LogP contribution in [0.2, 0.25) is 0 Å². The van der Waals surface area contributed by atoms with Crippen LogP contribution < -0.4 is 5.32 Å². The van der Waals surface area contributed by atoms with E-state index < -0.39 is 92.7 Å². The highest BCUT2D eigenvalue weighted by atomic mass is 16.7. The smallest absolute Gasteiger partial charge is 0.220 e. The summed E-state index contributed by atoms with van der Waals surface area (Å²) in [6.45, 7) is 2.95. The molecule has 0 radical (unpaired) electrons. The zero-order chi connectivity index (χ0) is 42.7. The summed E-state index contributed by atoms with van der Waals surface area (Å²) in [5.74, 6) is -0.363. The van der Waals surface area contributed by atoms with Crippen molar-refractivity contribution in [3.63, 3.8) is 0 Å². The first-order chi connectivity index (χ1) is 28.0. The summed E-state index contributed by atoms with van der Waals surface area (Å²) < 4.78 is 16.9. The van der Waals surface area contributed by atoms with Gasteiger partial charge < -0.3 is 65.5 Å². The molecule has 13 atom stereocenters. The summed E-state index contributed by atoms with van der Waals surface area (Å²) >= 11 is 0. The van der Waals surface area contributed by atoms with Crippen LogP contribution >= 0.6 is 0 Å². The molecular weight excluding hydrogens is 750 g/mol. The third kappa shape index (κ3) is 19.4. The largest absolute Gasteiger partial charge is 0.394 e. The van der Waals surface area contributed by atoms with Crippen molar-refractivity contribution in [3.05, 3.63) is 0 Å². The van der Waals surface area contributed by atoms with Gasteiger partial charge in [-0.1, -0.05) is 162 Å². The number of unbranched alkanes of at least 4 members (excludes halogenated alkanes) is 22. The van der Waals surface area contributed by atoms with Crippen molar-refractivity contribution in [3.8, 4) is 0 Å². The lowest BCUT2D eigenvalue weighted by atomic mass is 9.87. The predicted octanol–water partition coefficient (Wildman–Crippen LogP) is 4.04. The van der Waals surface area contributed by atoms with Crippen LogP contribution in [0.5, 0.6) is 0 Å². The number of rotatable bonds is 34. The normalized spacial score (nSPS) is 29.3. The zero-order valence-corrected chi connectivity index (χ0v) is 36.0. The molecular formula is C44H85NO13. The fourth-order valence-electron chi connectivity index (χ4n) is 8.27. The van der Waals surface area contributed by atoms with E-state index in [0.717, 1.165) is 38.5 Å². The van der Waals surface area contributed by atoms with Gasteiger partial charge in [0.05, 0.1) is 25.4 Å². The first-order valence-electron chi connectivity index (χ1n) is 23.3. The van der Waals surface area contributed by atoms with E-state index in [4.69, 9.17) is 14.2 Å². The third-order valence-electron chi connectivity index (χ3n) is 12.1. The van der Waals surface area contributed by atoms with Gasteiger partial charge in [0.25, 0.3) is 0 Å². The minimum atomic E-state index is -1.85. The number of carbonyl (C=O) groups is 1. The van der Waals surface area contributed by atoms with E-state index >= 15 is 0 Å². The maximum atomic E-state index is 13.2. The standard InChI is InChI=1S/C44H85NO13/c1-3-5-7-9-11-13-15-16-18-19-21-23-25-27-31(48)35(45-34(49)28-26-24-22-20-17-14-12-10-8-6-4-2)37(51)43-40(54)39(53)42(33(30-47)56-43)58-44-41(55)38(52)36(50)32(29-46)57-44/h31-33,35-44,46-48,50-55H,3-30H2,1-2H3,(H,45,49)/t31-,32-,33-,35-,36+,37?,38+,39-,40-,41-,42-,43+,44+/m1/s1. The molecule has 0 spiro atoms. The summed E-state index contributed by atoms with van der Waals surface area (Å²) in [7, 11) is 0. The molecule has 2 saturated heterocycles. The van der Waals surface area contributed by atoms with Crippen LogP contribution in [-0.2, 0) is 19.0 Å². The van der Waals surface area contributed by atoms with Crippen molar-refractivity contribution < 1.29 is 65.0 Å². The predicted molar refractivity (Wildman–Crippen MR) is 222 cm³/mol. The van der Waals surface area contributed by atoms with Crippen LogP contribution in [0.3, 0.4) is 0 Å². The number of aliphatic hydroxyl groups excluding tert-OH is 9. The van der Waals surface area contributed by atoms with Gasteiger partial charge in [-0.05, 0) is 12.8 Å². The second kappa shape index (κ2) is 31.8. The third-order valence-corrected chi connectivity index (χ3v) is 12.1. The van der Waals surface area contributed by atoms with Crippen LogP contribution in [-0.4, -0.2) is 145 Å². The van der Waals surface area contributed by atoms with Gasteiger partial charge in [-0.3, -0.25) is 4.79 Å². The first kappa shape index (κ1) is 53.1. The minimum absolute atomic E-state index is 0.191. The van der Waals surface area contributed by atoms with E-state index in [-0.39, 0.29) is 18.7 Å². The first-order valence-corrected chi connectivity index (χ1v) is 23.3. The Kier molecular flexibility index (Phi) is 29.1. The molecule has 0 bridgehead atoms. The van der Waals surface area contributed by atoms with E-state index in [0.29, 0.717) is 12.8 Å². The molecule has 344 valence electrons. The van der Waals surface area contributed by atoms with Crippen molar-refractivity contribution in [1.29, 1.82) is 0 Å². The zero-order valence-electron chi connectivity index (χ0n) is 36.0. The Hall–Kier alpha value is -1.01. The number of hydrogen-bond acceptors (Lipinski definition) is 13. The van der Waals surface area contributed by atoms with Crippen molar-refractivity contribution >= 4 is 5.91 Å². The van der Waals surface area contributed by atoms with Gasteiger partial charge in [-0.25, -0.2) is 0 Å².